The van der Waals surface area contributed by atoms with E-state index in [0.29, 0.717) is 35.1 Å². The fourth-order valence-electron chi connectivity index (χ4n) is 3.16. The van der Waals surface area contributed by atoms with Gasteiger partial charge in [-0.15, -0.1) is 4.98 Å². The van der Waals surface area contributed by atoms with Gasteiger partial charge in [0.25, 0.3) is 11.7 Å². The van der Waals surface area contributed by atoms with Crippen molar-refractivity contribution in [1.82, 2.24) is 14.8 Å². The van der Waals surface area contributed by atoms with Gasteiger partial charge in [0.1, 0.15) is 17.1 Å². The number of carbonyl (C=O) groups excluding carboxylic acids is 1. The van der Waals surface area contributed by atoms with Gasteiger partial charge in [0, 0.05) is 36.9 Å². The van der Waals surface area contributed by atoms with Gasteiger partial charge in [-0.25, -0.2) is 0 Å². The van der Waals surface area contributed by atoms with E-state index >= 15 is 0 Å². The van der Waals surface area contributed by atoms with Gasteiger partial charge in [-0.2, -0.15) is 5.10 Å². The summed E-state index contributed by atoms with van der Waals surface area (Å²) in [4.78, 5) is 20.1. The van der Waals surface area contributed by atoms with Crippen LogP contribution in [0.4, 0.5) is 11.6 Å². The number of fused-ring (bicyclic) bond motifs is 1. The molecule has 1 aliphatic heterocycles. The molecule has 8 nitrogen and oxygen atoms in total. The maximum Gasteiger partial charge on any atom is 0.269 e. The number of carbonyl (C=O) groups is 1. The molecule has 1 aromatic carbocycles. The topological polar surface area (TPSA) is 82.6 Å². The zero-order chi connectivity index (χ0) is 20.6. The molecule has 0 atom stereocenters. The molecular formula is C21H19N5O3. The Morgan fingerprint density at radius 3 is 2.83 bits per heavy atom. The zero-order valence-electron chi connectivity index (χ0n) is 16.3. The maximum atomic E-state index is 12.8. The van der Waals surface area contributed by atoms with Crippen LogP contribution in [0.5, 0.6) is 17.2 Å². The number of amides is 1. The maximum absolute atomic E-state index is 12.8. The number of hydrogen-bond acceptors (Lipinski definition) is 5. The Morgan fingerprint density at radius 2 is 2.17 bits per heavy atom. The van der Waals surface area contributed by atoms with E-state index in [1.54, 1.807) is 48.3 Å². The highest BCUT2D eigenvalue weighted by atomic mass is 16.5. The molecule has 1 N–H and O–H groups in total. The summed E-state index contributed by atoms with van der Waals surface area (Å²) in [6.07, 6.45) is 3.88. The molecule has 8 heteroatoms. The van der Waals surface area contributed by atoms with E-state index in [9.17, 15) is 4.79 Å². The zero-order valence-corrected chi connectivity index (χ0v) is 16.3. The first kappa shape index (κ1) is 18.5. The van der Waals surface area contributed by atoms with Crippen LogP contribution in [0.15, 0.2) is 42.7 Å². The lowest BCUT2D eigenvalue weighted by Crippen LogP contribution is -2.24. The highest BCUT2D eigenvalue weighted by Gasteiger charge is 2.34. The van der Waals surface area contributed by atoms with Crippen LogP contribution in [0.2, 0.25) is 0 Å². The number of pyridine rings is 1. The number of nitrogens with one attached hydrogen (secondary N) is 1. The molecule has 0 saturated carbocycles. The molecule has 29 heavy (non-hydrogen) atoms. The largest absolute Gasteiger partial charge is 0.487 e. The Kier molecular flexibility index (Phi) is 4.43. The minimum absolute atomic E-state index is 0.288. The smallest absolute Gasteiger partial charge is 0.269 e. The molecule has 1 aliphatic rings. The van der Waals surface area contributed by atoms with Crippen molar-refractivity contribution in [2.45, 2.75) is 25.9 Å². The highest BCUT2D eigenvalue weighted by molar-refractivity contribution is 6.04. The van der Waals surface area contributed by atoms with Crippen molar-refractivity contribution in [3.8, 4) is 17.2 Å². The first-order valence-electron chi connectivity index (χ1n) is 9.01. The van der Waals surface area contributed by atoms with Gasteiger partial charge in [-0.05, 0) is 38.1 Å². The van der Waals surface area contributed by atoms with Crippen LogP contribution in [0, 0.1) is 6.57 Å². The summed E-state index contributed by atoms with van der Waals surface area (Å²) in [5, 5.41) is 6.94. The van der Waals surface area contributed by atoms with Crippen LogP contribution >= 0.6 is 0 Å². The van der Waals surface area contributed by atoms with E-state index in [1.807, 2.05) is 13.8 Å². The summed E-state index contributed by atoms with van der Waals surface area (Å²) < 4.78 is 13.6. The molecule has 2 aromatic heterocycles. The van der Waals surface area contributed by atoms with Gasteiger partial charge in [-0.1, -0.05) is 6.57 Å². The molecule has 4 rings (SSSR count). The number of aromatic nitrogens is 3. The van der Waals surface area contributed by atoms with Crippen LogP contribution in [-0.2, 0) is 13.5 Å². The van der Waals surface area contributed by atoms with E-state index in [4.69, 9.17) is 16.0 Å². The molecule has 0 radical (unpaired) electrons. The molecule has 0 saturated heterocycles. The van der Waals surface area contributed by atoms with Gasteiger partial charge in [0.05, 0.1) is 0 Å². The monoisotopic (exact) mass is 389 g/mol. The van der Waals surface area contributed by atoms with Crippen molar-refractivity contribution in [2.75, 3.05) is 5.32 Å². The second kappa shape index (κ2) is 6.95. The molecule has 0 spiro atoms. The number of nitrogens with zero attached hydrogens (tertiary/aromatic N) is 4. The van der Waals surface area contributed by atoms with Crippen molar-refractivity contribution >= 4 is 17.5 Å². The second-order valence-electron chi connectivity index (χ2n) is 7.38. The molecule has 0 fully saturated rings. The Balaban J connectivity index is 1.67. The molecule has 0 unspecified atom stereocenters. The molecule has 1 amide bonds. The summed E-state index contributed by atoms with van der Waals surface area (Å²) in [7, 11) is 1.78. The lowest BCUT2D eigenvalue weighted by molar-refractivity contribution is 0.102. The fourth-order valence-corrected chi connectivity index (χ4v) is 3.16. The van der Waals surface area contributed by atoms with Crippen molar-refractivity contribution in [2.24, 2.45) is 7.05 Å². The third kappa shape index (κ3) is 3.89. The summed E-state index contributed by atoms with van der Waals surface area (Å²) in [5.41, 5.74) is 0.884. The lowest BCUT2D eigenvalue weighted by Gasteiger charge is -2.16. The summed E-state index contributed by atoms with van der Waals surface area (Å²) in [5.74, 6) is 2.05. The molecule has 3 heterocycles. The normalized spacial score (nSPS) is 13.9. The third-order valence-electron chi connectivity index (χ3n) is 4.44. The Morgan fingerprint density at radius 1 is 1.34 bits per heavy atom. The number of hydrogen-bond donors (Lipinski definition) is 1. The van der Waals surface area contributed by atoms with Gasteiger partial charge >= 0.3 is 0 Å². The number of ether oxygens (including phenoxy) is 2. The van der Waals surface area contributed by atoms with Crippen LogP contribution in [0.25, 0.3) is 4.85 Å². The van der Waals surface area contributed by atoms with Gasteiger partial charge in [0.15, 0.2) is 17.8 Å². The van der Waals surface area contributed by atoms with E-state index in [0.717, 1.165) is 5.56 Å². The minimum Gasteiger partial charge on any atom is -0.487 e. The van der Waals surface area contributed by atoms with Crippen molar-refractivity contribution in [3.05, 3.63) is 65.3 Å². The van der Waals surface area contributed by atoms with E-state index in [2.05, 4.69) is 20.2 Å². The van der Waals surface area contributed by atoms with Crippen molar-refractivity contribution in [1.29, 1.82) is 0 Å². The third-order valence-corrected chi connectivity index (χ3v) is 4.44. The second-order valence-corrected chi connectivity index (χ2v) is 7.38. The van der Waals surface area contributed by atoms with Crippen LogP contribution in [0.1, 0.15) is 29.8 Å². The van der Waals surface area contributed by atoms with E-state index < -0.39 is 5.60 Å². The quantitative estimate of drug-likeness (QED) is 0.679. The predicted octanol–water partition coefficient (Wildman–Crippen LogP) is 4.12. The number of benzene rings is 1. The summed E-state index contributed by atoms with van der Waals surface area (Å²) >= 11 is 0. The lowest BCUT2D eigenvalue weighted by atomic mass is 9.99. The van der Waals surface area contributed by atoms with Crippen LogP contribution in [-0.4, -0.2) is 26.3 Å². The molecule has 0 bridgehead atoms. The first-order chi connectivity index (χ1) is 13.8. The minimum atomic E-state index is -0.400. The fraction of sp³-hybridized carbons (Fsp3) is 0.238. The standard InChI is InChI=1S/C21H19N5O3/c1-21(2)11-15-16(28-14-5-6-18(22-3)23-12-14)9-13(10-17(15)29-21)20(27)24-19-7-8-26(4)25-19/h5-10,12H,11H2,1-2,4H3,(H,24,25,27). The van der Waals surface area contributed by atoms with Crippen LogP contribution in [0.3, 0.4) is 0 Å². The van der Waals surface area contributed by atoms with Crippen LogP contribution < -0.4 is 14.8 Å². The summed E-state index contributed by atoms with van der Waals surface area (Å²) in [6.45, 7) is 11.0. The number of anilines is 1. The van der Waals surface area contributed by atoms with E-state index in [1.165, 1.54) is 6.20 Å². The average Bonchev–Trinajstić information content (AvgIpc) is 3.23. The van der Waals surface area contributed by atoms with Gasteiger partial charge in [0.2, 0.25) is 0 Å². The predicted molar refractivity (Wildman–Crippen MR) is 107 cm³/mol. The van der Waals surface area contributed by atoms with Crippen molar-refractivity contribution in [3.63, 3.8) is 0 Å². The SMILES string of the molecule is [C-]#[N+]c1ccc(Oc2cc(C(=O)Nc3ccn(C)n3)cc3c2CC(C)(C)O3)cn1. The van der Waals surface area contributed by atoms with Gasteiger partial charge < -0.3 is 19.6 Å². The Labute approximate surface area is 167 Å². The van der Waals surface area contributed by atoms with E-state index in [-0.39, 0.29) is 11.7 Å². The molecule has 3 aromatic rings. The first-order valence-corrected chi connectivity index (χ1v) is 9.01. The Bertz CT molecular complexity index is 1130. The molecule has 146 valence electrons. The molecule has 0 aliphatic carbocycles. The average molecular weight is 389 g/mol. The summed E-state index contributed by atoms with van der Waals surface area (Å²) in [6, 6.07) is 8.38. The molecular weight excluding hydrogens is 370 g/mol. The van der Waals surface area contributed by atoms with Gasteiger partial charge in [-0.3, -0.25) is 9.48 Å². The van der Waals surface area contributed by atoms with Crippen molar-refractivity contribution < 1.29 is 14.3 Å². The number of aryl methyl sites for hydroxylation is 1. The highest BCUT2D eigenvalue weighted by Crippen LogP contribution is 2.43. The number of rotatable bonds is 4. The Hall–Kier alpha value is -3.86.